The molecule has 1 aliphatic carbocycles. The second-order valence-electron chi connectivity index (χ2n) is 6.26. The van der Waals surface area contributed by atoms with Crippen LogP contribution in [0, 0.1) is 11.8 Å². The number of amides is 1. The van der Waals surface area contributed by atoms with Gasteiger partial charge in [0.25, 0.3) is 0 Å². The lowest BCUT2D eigenvalue weighted by Gasteiger charge is -2.32. The molecular formula is C17H35N3O. The molecule has 2 atom stereocenters. The van der Waals surface area contributed by atoms with Gasteiger partial charge in [-0.25, -0.2) is 0 Å². The van der Waals surface area contributed by atoms with Gasteiger partial charge in [0.15, 0.2) is 0 Å². The van der Waals surface area contributed by atoms with Crippen LogP contribution in [0.4, 0.5) is 0 Å². The van der Waals surface area contributed by atoms with Crippen molar-refractivity contribution >= 4 is 5.91 Å². The zero-order valence-electron chi connectivity index (χ0n) is 14.3. The van der Waals surface area contributed by atoms with Crippen LogP contribution in [0.2, 0.25) is 0 Å². The van der Waals surface area contributed by atoms with Gasteiger partial charge in [0.05, 0.1) is 0 Å². The Labute approximate surface area is 131 Å². The zero-order valence-corrected chi connectivity index (χ0v) is 14.3. The highest BCUT2D eigenvalue weighted by atomic mass is 16.2. The lowest BCUT2D eigenvalue weighted by molar-refractivity contribution is -0.137. The van der Waals surface area contributed by atoms with Gasteiger partial charge in [-0.1, -0.05) is 20.3 Å². The number of nitrogens with zero attached hydrogens (tertiary/aromatic N) is 2. The molecule has 0 aromatic carbocycles. The van der Waals surface area contributed by atoms with Crippen molar-refractivity contribution < 1.29 is 4.79 Å². The van der Waals surface area contributed by atoms with Gasteiger partial charge in [0, 0.05) is 19.0 Å². The maximum Gasteiger partial charge on any atom is 0.225 e. The van der Waals surface area contributed by atoms with Crippen LogP contribution < -0.4 is 5.73 Å². The molecule has 0 aromatic heterocycles. The Morgan fingerprint density at radius 2 is 1.81 bits per heavy atom. The largest absolute Gasteiger partial charge is 0.343 e. The maximum absolute atomic E-state index is 12.7. The smallest absolute Gasteiger partial charge is 0.225 e. The van der Waals surface area contributed by atoms with Crippen molar-refractivity contribution in [3.05, 3.63) is 0 Å². The summed E-state index contributed by atoms with van der Waals surface area (Å²) in [5.41, 5.74) is 5.79. The van der Waals surface area contributed by atoms with Crippen LogP contribution >= 0.6 is 0 Å². The molecule has 0 bridgehead atoms. The number of rotatable bonds is 9. The molecule has 1 aliphatic rings. The van der Waals surface area contributed by atoms with Gasteiger partial charge in [-0.3, -0.25) is 4.79 Å². The Kier molecular flexibility index (Phi) is 8.93. The monoisotopic (exact) mass is 297 g/mol. The minimum absolute atomic E-state index is 0.223. The second kappa shape index (κ2) is 10.2. The molecule has 1 fully saturated rings. The van der Waals surface area contributed by atoms with E-state index in [-0.39, 0.29) is 5.92 Å². The van der Waals surface area contributed by atoms with Crippen molar-refractivity contribution in [1.29, 1.82) is 0 Å². The lowest BCUT2D eigenvalue weighted by Crippen LogP contribution is -2.40. The van der Waals surface area contributed by atoms with Gasteiger partial charge in [-0.2, -0.15) is 0 Å². The Balaban J connectivity index is 2.41. The molecular weight excluding hydrogens is 262 g/mol. The van der Waals surface area contributed by atoms with Crippen LogP contribution in [-0.2, 0) is 4.79 Å². The minimum atomic E-state index is 0.223. The summed E-state index contributed by atoms with van der Waals surface area (Å²) in [5.74, 6) is 1.15. The van der Waals surface area contributed by atoms with Gasteiger partial charge in [0.1, 0.15) is 0 Å². The summed E-state index contributed by atoms with van der Waals surface area (Å²) in [4.78, 5) is 17.2. The molecule has 0 radical (unpaired) electrons. The molecule has 0 aromatic rings. The quantitative estimate of drug-likeness (QED) is 0.710. The predicted molar refractivity (Wildman–Crippen MR) is 89.2 cm³/mol. The maximum atomic E-state index is 12.7. The fourth-order valence-corrected chi connectivity index (χ4v) is 3.44. The van der Waals surface area contributed by atoms with E-state index in [0.717, 1.165) is 65.0 Å². The van der Waals surface area contributed by atoms with Crippen LogP contribution in [0.25, 0.3) is 0 Å². The fraction of sp³-hybridized carbons (Fsp3) is 0.941. The molecule has 4 nitrogen and oxygen atoms in total. The van der Waals surface area contributed by atoms with Gasteiger partial charge in [-0.15, -0.1) is 0 Å². The number of hydrogen-bond donors (Lipinski definition) is 1. The number of hydrogen-bond acceptors (Lipinski definition) is 3. The average molecular weight is 297 g/mol. The fourth-order valence-electron chi connectivity index (χ4n) is 3.44. The first-order chi connectivity index (χ1) is 10.2. The van der Waals surface area contributed by atoms with Crippen LogP contribution in [0.3, 0.4) is 0 Å². The van der Waals surface area contributed by atoms with E-state index in [1.807, 2.05) is 0 Å². The number of nitrogens with two attached hydrogens (primary N) is 1. The van der Waals surface area contributed by atoms with Gasteiger partial charge >= 0.3 is 0 Å². The van der Waals surface area contributed by atoms with Crippen molar-refractivity contribution in [1.82, 2.24) is 9.80 Å². The minimum Gasteiger partial charge on any atom is -0.343 e. The van der Waals surface area contributed by atoms with E-state index in [2.05, 4.69) is 30.6 Å². The van der Waals surface area contributed by atoms with E-state index in [4.69, 9.17) is 5.73 Å². The summed E-state index contributed by atoms with van der Waals surface area (Å²) >= 11 is 0. The lowest BCUT2D eigenvalue weighted by atomic mass is 9.80. The van der Waals surface area contributed by atoms with Crippen molar-refractivity contribution in [2.24, 2.45) is 17.6 Å². The highest BCUT2D eigenvalue weighted by molar-refractivity contribution is 5.78. The van der Waals surface area contributed by atoms with Crippen LogP contribution in [0.5, 0.6) is 0 Å². The van der Waals surface area contributed by atoms with Gasteiger partial charge in [0.2, 0.25) is 5.91 Å². The van der Waals surface area contributed by atoms with E-state index in [1.165, 1.54) is 6.42 Å². The van der Waals surface area contributed by atoms with Crippen LogP contribution in [0.15, 0.2) is 0 Å². The van der Waals surface area contributed by atoms with E-state index in [9.17, 15) is 4.79 Å². The molecule has 2 N–H and O–H groups in total. The van der Waals surface area contributed by atoms with E-state index < -0.39 is 0 Å². The van der Waals surface area contributed by atoms with E-state index in [1.54, 1.807) is 0 Å². The Hall–Kier alpha value is -0.610. The summed E-state index contributed by atoms with van der Waals surface area (Å²) in [7, 11) is 0. The molecule has 1 amide bonds. The standard InChI is InChI=1S/C17H35N3O/c1-4-19(5-2)11-8-12-20(6-3)17(21)16-10-7-9-15(13-16)14-18/h15-16H,4-14,18H2,1-3H3. The zero-order chi connectivity index (χ0) is 15.7. The first-order valence-corrected chi connectivity index (χ1v) is 8.87. The Morgan fingerprint density at radius 1 is 1.10 bits per heavy atom. The molecule has 0 aliphatic heterocycles. The average Bonchev–Trinajstić information content (AvgIpc) is 2.54. The van der Waals surface area contributed by atoms with Crippen molar-refractivity contribution in [2.75, 3.05) is 39.3 Å². The van der Waals surface area contributed by atoms with Crippen LogP contribution in [0.1, 0.15) is 52.9 Å². The van der Waals surface area contributed by atoms with E-state index >= 15 is 0 Å². The molecule has 0 spiro atoms. The first kappa shape index (κ1) is 18.4. The summed E-state index contributed by atoms with van der Waals surface area (Å²) < 4.78 is 0. The van der Waals surface area contributed by atoms with Crippen LogP contribution in [-0.4, -0.2) is 55.0 Å². The number of carbonyl (C=O) groups excluding carboxylic acids is 1. The Bertz CT molecular complexity index is 292. The number of carbonyl (C=O) groups is 1. The predicted octanol–water partition coefficient (Wildman–Crippen LogP) is 2.33. The third kappa shape index (κ3) is 5.95. The molecule has 124 valence electrons. The normalized spacial score (nSPS) is 22.5. The van der Waals surface area contributed by atoms with E-state index in [0.29, 0.717) is 11.8 Å². The molecule has 1 rings (SSSR count). The summed E-state index contributed by atoms with van der Waals surface area (Å²) in [5, 5.41) is 0. The molecule has 4 heteroatoms. The third-order valence-electron chi connectivity index (χ3n) is 4.96. The molecule has 2 unspecified atom stereocenters. The van der Waals surface area contributed by atoms with Crippen molar-refractivity contribution in [3.63, 3.8) is 0 Å². The summed E-state index contributed by atoms with van der Waals surface area (Å²) in [6.45, 7) is 12.2. The highest BCUT2D eigenvalue weighted by Gasteiger charge is 2.29. The van der Waals surface area contributed by atoms with Crippen molar-refractivity contribution in [3.8, 4) is 0 Å². The Morgan fingerprint density at radius 3 is 2.38 bits per heavy atom. The summed E-state index contributed by atoms with van der Waals surface area (Å²) in [6.07, 6.45) is 5.50. The topological polar surface area (TPSA) is 49.6 Å². The third-order valence-corrected chi connectivity index (χ3v) is 4.96. The van der Waals surface area contributed by atoms with Gasteiger partial charge in [-0.05, 0) is 64.7 Å². The SMILES string of the molecule is CCN(CC)CCCN(CC)C(=O)C1CCCC(CN)C1. The summed E-state index contributed by atoms with van der Waals surface area (Å²) in [6, 6.07) is 0. The van der Waals surface area contributed by atoms with Gasteiger partial charge < -0.3 is 15.5 Å². The molecule has 0 heterocycles. The molecule has 1 saturated carbocycles. The van der Waals surface area contributed by atoms with Crippen molar-refractivity contribution in [2.45, 2.75) is 52.9 Å². The molecule has 21 heavy (non-hydrogen) atoms. The molecule has 0 saturated heterocycles. The first-order valence-electron chi connectivity index (χ1n) is 8.87. The highest BCUT2D eigenvalue weighted by Crippen LogP contribution is 2.29. The second-order valence-corrected chi connectivity index (χ2v) is 6.26.